The van der Waals surface area contributed by atoms with Gasteiger partial charge in [-0.05, 0) is 37.5 Å². The average Bonchev–Trinajstić information content (AvgIpc) is 2.28. The van der Waals surface area contributed by atoms with E-state index >= 15 is 0 Å². The average molecular weight is 240 g/mol. The molecule has 0 aromatic heterocycles. The van der Waals surface area contributed by atoms with Crippen molar-refractivity contribution < 1.29 is 9.59 Å². The van der Waals surface area contributed by atoms with Gasteiger partial charge in [0.05, 0.1) is 0 Å². The normalized spacial score (nSPS) is 24.5. The Balaban J connectivity index is 2.26. The Labute approximate surface area is 104 Å². The molecule has 0 atom stereocenters. The summed E-state index contributed by atoms with van der Waals surface area (Å²) in [6.45, 7) is 6.78. The zero-order chi connectivity index (χ0) is 12.8. The van der Waals surface area contributed by atoms with Crippen LogP contribution in [0.5, 0.6) is 0 Å². The molecule has 2 amide bonds. The predicted molar refractivity (Wildman–Crippen MR) is 67.4 cm³/mol. The van der Waals surface area contributed by atoms with Crippen molar-refractivity contribution in [3.63, 3.8) is 0 Å². The van der Waals surface area contributed by atoms with E-state index in [4.69, 9.17) is 0 Å². The van der Waals surface area contributed by atoms with Crippen molar-refractivity contribution in [2.24, 2.45) is 11.8 Å². The molecule has 0 bridgehead atoms. The maximum absolute atomic E-state index is 11.6. The molecule has 4 heteroatoms. The molecule has 0 spiro atoms. The third-order valence-electron chi connectivity index (χ3n) is 3.23. The highest BCUT2D eigenvalue weighted by Gasteiger charge is 2.22. The Morgan fingerprint density at radius 2 is 1.71 bits per heavy atom. The third kappa shape index (κ3) is 5.20. The number of amides is 2. The monoisotopic (exact) mass is 240 g/mol. The number of hydrogen-bond acceptors (Lipinski definition) is 2. The molecule has 1 saturated carbocycles. The third-order valence-corrected chi connectivity index (χ3v) is 3.23. The Hall–Kier alpha value is -1.06. The van der Waals surface area contributed by atoms with E-state index in [0.29, 0.717) is 12.5 Å². The SMILES string of the molecule is CC(C)CNC(=O)C(=O)NC1CCC(C)CC1. The highest BCUT2D eigenvalue weighted by Crippen LogP contribution is 2.23. The highest BCUT2D eigenvalue weighted by atomic mass is 16.2. The fourth-order valence-electron chi connectivity index (χ4n) is 2.03. The maximum Gasteiger partial charge on any atom is 0.309 e. The summed E-state index contributed by atoms with van der Waals surface area (Å²) in [4.78, 5) is 23.0. The van der Waals surface area contributed by atoms with Crippen LogP contribution in [-0.4, -0.2) is 24.4 Å². The Morgan fingerprint density at radius 1 is 1.12 bits per heavy atom. The van der Waals surface area contributed by atoms with Gasteiger partial charge in [0.1, 0.15) is 0 Å². The second-order valence-electron chi connectivity index (χ2n) is 5.53. The Kier molecular flexibility index (Phi) is 5.45. The first-order chi connectivity index (χ1) is 7.99. The Bertz CT molecular complexity index is 269. The molecule has 0 aliphatic heterocycles. The quantitative estimate of drug-likeness (QED) is 0.734. The number of rotatable bonds is 3. The lowest BCUT2D eigenvalue weighted by Gasteiger charge is -2.26. The van der Waals surface area contributed by atoms with Gasteiger partial charge in [-0.1, -0.05) is 20.8 Å². The lowest BCUT2D eigenvalue weighted by atomic mass is 9.87. The second-order valence-corrected chi connectivity index (χ2v) is 5.53. The highest BCUT2D eigenvalue weighted by molar-refractivity contribution is 6.35. The van der Waals surface area contributed by atoms with Crippen LogP contribution in [0.2, 0.25) is 0 Å². The van der Waals surface area contributed by atoms with E-state index in [9.17, 15) is 9.59 Å². The minimum Gasteiger partial charge on any atom is -0.348 e. The molecule has 1 rings (SSSR count). The number of nitrogens with one attached hydrogen (secondary N) is 2. The summed E-state index contributed by atoms with van der Waals surface area (Å²) in [6.07, 6.45) is 4.26. The summed E-state index contributed by atoms with van der Waals surface area (Å²) in [5.41, 5.74) is 0. The molecule has 0 saturated heterocycles. The van der Waals surface area contributed by atoms with Gasteiger partial charge in [-0.2, -0.15) is 0 Å². The van der Waals surface area contributed by atoms with E-state index in [-0.39, 0.29) is 6.04 Å². The van der Waals surface area contributed by atoms with Gasteiger partial charge in [-0.3, -0.25) is 9.59 Å². The summed E-state index contributed by atoms with van der Waals surface area (Å²) in [5, 5.41) is 5.44. The van der Waals surface area contributed by atoms with E-state index < -0.39 is 11.8 Å². The van der Waals surface area contributed by atoms with Crippen LogP contribution in [-0.2, 0) is 9.59 Å². The maximum atomic E-state index is 11.6. The van der Waals surface area contributed by atoms with Gasteiger partial charge in [0.25, 0.3) is 0 Å². The molecule has 1 aliphatic carbocycles. The predicted octanol–water partition coefficient (Wildman–Crippen LogP) is 1.45. The fraction of sp³-hybridized carbons (Fsp3) is 0.846. The molecule has 0 unspecified atom stereocenters. The van der Waals surface area contributed by atoms with Crippen LogP contribution in [0.15, 0.2) is 0 Å². The van der Waals surface area contributed by atoms with Crippen molar-refractivity contribution >= 4 is 11.8 Å². The summed E-state index contributed by atoms with van der Waals surface area (Å²) < 4.78 is 0. The standard InChI is InChI=1S/C13H24N2O2/c1-9(2)8-14-12(16)13(17)15-11-6-4-10(3)5-7-11/h9-11H,4-8H2,1-3H3,(H,14,16)(H,15,17). The molecule has 17 heavy (non-hydrogen) atoms. The molecule has 4 nitrogen and oxygen atoms in total. The van der Waals surface area contributed by atoms with Crippen molar-refractivity contribution in [1.82, 2.24) is 10.6 Å². The van der Waals surface area contributed by atoms with Crippen LogP contribution in [0.25, 0.3) is 0 Å². The molecule has 0 aromatic rings. The number of hydrogen-bond donors (Lipinski definition) is 2. The first-order valence-electron chi connectivity index (χ1n) is 6.57. The van der Waals surface area contributed by atoms with Crippen LogP contribution < -0.4 is 10.6 Å². The van der Waals surface area contributed by atoms with Crippen LogP contribution in [0.1, 0.15) is 46.5 Å². The summed E-state index contributed by atoms with van der Waals surface area (Å²) in [6, 6.07) is 0.184. The minimum absolute atomic E-state index is 0.184. The van der Waals surface area contributed by atoms with Crippen molar-refractivity contribution in [1.29, 1.82) is 0 Å². The Morgan fingerprint density at radius 3 is 2.24 bits per heavy atom. The topological polar surface area (TPSA) is 58.2 Å². The zero-order valence-electron chi connectivity index (χ0n) is 11.1. The van der Waals surface area contributed by atoms with Gasteiger partial charge in [0, 0.05) is 12.6 Å². The van der Waals surface area contributed by atoms with Gasteiger partial charge < -0.3 is 10.6 Å². The van der Waals surface area contributed by atoms with Gasteiger partial charge >= 0.3 is 11.8 Å². The number of carbonyl (C=O) groups excluding carboxylic acids is 2. The van der Waals surface area contributed by atoms with Crippen molar-refractivity contribution in [2.45, 2.75) is 52.5 Å². The van der Waals surface area contributed by atoms with Crippen molar-refractivity contribution in [3.05, 3.63) is 0 Å². The van der Waals surface area contributed by atoms with Crippen LogP contribution in [0.4, 0.5) is 0 Å². The van der Waals surface area contributed by atoms with Crippen LogP contribution in [0, 0.1) is 11.8 Å². The first-order valence-corrected chi connectivity index (χ1v) is 6.57. The van der Waals surface area contributed by atoms with Gasteiger partial charge in [0.2, 0.25) is 0 Å². The summed E-state index contributed by atoms with van der Waals surface area (Å²) >= 11 is 0. The smallest absolute Gasteiger partial charge is 0.309 e. The molecular formula is C13H24N2O2. The van der Waals surface area contributed by atoms with E-state index in [0.717, 1.165) is 31.6 Å². The van der Waals surface area contributed by atoms with Crippen molar-refractivity contribution in [2.75, 3.05) is 6.54 Å². The van der Waals surface area contributed by atoms with E-state index in [1.807, 2.05) is 13.8 Å². The summed E-state index contributed by atoms with van der Waals surface area (Å²) in [7, 11) is 0. The first kappa shape index (κ1) is 14.0. The largest absolute Gasteiger partial charge is 0.348 e. The molecule has 1 fully saturated rings. The molecule has 2 N–H and O–H groups in total. The van der Waals surface area contributed by atoms with Crippen LogP contribution in [0.3, 0.4) is 0 Å². The van der Waals surface area contributed by atoms with Gasteiger partial charge in [-0.25, -0.2) is 0 Å². The molecule has 0 heterocycles. The second kappa shape index (κ2) is 6.62. The van der Waals surface area contributed by atoms with E-state index in [1.54, 1.807) is 0 Å². The van der Waals surface area contributed by atoms with E-state index in [1.165, 1.54) is 0 Å². The molecular weight excluding hydrogens is 216 g/mol. The molecule has 0 aromatic carbocycles. The number of carbonyl (C=O) groups is 2. The molecule has 0 radical (unpaired) electrons. The van der Waals surface area contributed by atoms with E-state index in [2.05, 4.69) is 17.6 Å². The van der Waals surface area contributed by atoms with Crippen LogP contribution >= 0.6 is 0 Å². The van der Waals surface area contributed by atoms with Crippen molar-refractivity contribution in [3.8, 4) is 0 Å². The van der Waals surface area contributed by atoms with Gasteiger partial charge in [-0.15, -0.1) is 0 Å². The lowest BCUT2D eigenvalue weighted by Crippen LogP contribution is -2.46. The minimum atomic E-state index is -0.502. The van der Waals surface area contributed by atoms with Gasteiger partial charge in [0.15, 0.2) is 0 Å². The fourth-order valence-corrected chi connectivity index (χ4v) is 2.03. The summed E-state index contributed by atoms with van der Waals surface area (Å²) in [5.74, 6) is 0.128. The lowest BCUT2D eigenvalue weighted by molar-refractivity contribution is -0.139. The zero-order valence-corrected chi connectivity index (χ0v) is 11.1. The molecule has 98 valence electrons. The molecule has 1 aliphatic rings.